The molecule has 1 aromatic heterocycles. The van der Waals surface area contributed by atoms with Crippen molar-refractivity contribution in [3.63, 3.8) is 0 Å². The van der Waals surface area contributed by atoms with Gasteiger partial charge in [-0.1, -0.05) is 25.2 Å². The fraction of sp³-hybridized carbons (Fsp3) is 0.273. The number of amides is 3. The number of sulfonamides is 1. The fourth-order valence-corrected chi connectivity index (χ4v) is 6.09. The molecule has 0 unspecified atom stereocenters. The molecule has 0 spiro atoms. The molecule has 0 bridgehead atoms. The summed E-state index contributed by atoms with van der Waals surface area (Å²) >= 11 is 1.18. The first-order valence-electron chi connectivity index (χ1n) is 10.4. The third-order valence-electron chi connectivity index (χ3n) is 5.36. The van der Waals surface area contributed by atoms with Crippen LogP contribution < -0.4 is 10.2 Å². The topological polar surface area (TPSA) is 117 Å². The number of benzene rings is 2. The van der Waals surface area contributed by atoms with Gasteiger partial charge in [-0.25, -0.2) is 13.4 Å². The van der Waals surface area contributed by atoms with Crippen LogP contribution in [-0.2, 0) is 19.6 Å². The van der Waals surface area contributed by atoms with Gasteiger partial charge in [0.2, 0.25) is 21.8 Å². The molecular formula is C22H22N4O5S2. The van der Waals surface area contributed by atoms with Gasteiger partial charge in [-0.05, 0) is 42.5 Å². The van der Waals surface area contributed by atoms with Gasteiger partial charge >= 0.3 is 0 Å². The van der Waals surface area contributed by atoms with Gasteiger partial charge < -0.3 is 0 Å². The summed E-state index contributed by atoms with van der Waals surface area (Å²) in [6.07, 6.45) is 0.382. The Balaban J connectivity index is 1.52. The maximum absolute atomic E-state index is 12.8. The molecular weight excluding hydrogens is 464 g/mol. The molecule has 1 aliphatic rings. The number of nitrogens with one attached hydrogen (secondary N) is 1. The van der Waals surface area contributed by atoms with Crippen molar-refractivity contribution in [3.8, 4) is 0 Å². The maximum Gasteiger partial charge on any atom is 0.257 e. The summed E-state index contributed by atoms with van der Waals surface area (Å²) in [6.45, 7) is 4.32. The van der Waals surface area contributed by atoms with Gasteiger partial charge in [0.15, 0.2) is 5.13 Å². The number of nitrogens with zero attached hydrogens (tertiary/aromatic N) is 3. The van der Waals surface area contributed by atoms with Gasteiger partial charge in [0, 0.05) is 31.5 Å². The SMILES string of the molecule is CCN(CC)S(=O)(=O)c1ccc2nc(NC(=O)c3ccc(N4C(=O)CCC4=O)cc3)sc2c1. The Morgan fingerprint density at radius 3 is 2.30 bits per heavy atom. The van der Waals surface area contributed by atoms with Crippen molar-refractivity contribution in [1.29, 1.82) is 0 Å². The van der Waals surface area contributed by atoms with Crippen LogP contribution >= 0.6 is 11.3 Å². The predicted molar refractivity (Wildman–Crippen MR) is 126 cm³/mol. The lowest BCUT2D eigenvalue weighted by Crippen LogP contribution is -2.30. The summed E-state index contributed by atoms with van der Waals surface area (Å²) < 4.78 is 27.6. The monoisotopic (exact) mass is 486 g/mol. The Hall–Kier alpha value is -3.15. The molecule has 1 aliphatic heterocycles. The van der Waals surface area contributed by atoms with E-state index in [1.54, 1.807) is 38.1 Å². The molecule has 4 rings (SSSR count). The summed E-state index contributed by atoms with van der Waals surface area (Å²) in [7, 11) is -3.60. The lowest BCUT2D eigenvalue weighted by atomic mass is 10.2. The zero-order valence-corrected chi connectivity index (χ0v) is 19.7. The minimum atomic E-state index is -3.60. The van der Waals surface area contributed by atoms with E-state index >= 15 is 0 Å². The van der Waals surface area contributed by atoms with Crippen LogP contribution in [-0.4, -0.2) is 48.5 Å². The second-order valence-corrected chi connectivity index (χ2v) is 10.3. The van der Waals surface area contributed by atoms with Crippen LogP contribution in [0, 0.1) is 0 Å². The molecule has 1 saturated heterocycles. The third-order valence-corrected chi connectivity index (χ3v) is 8.34. The molecule has 0 atom stereocenters. The van der Waals surface area contributed by atoms with E-state index in [4.69, 9.17) is 0 Å². The molecule has 2 aromatic carbocycles. The number of rotatable bonds is 7. The highest BCUT2D eigenvalue weighted by Crippen LogP contribution is 2.30. The van der Waals surface area contributed by atoms with Gasteiger partial charge in [0.25, 0.3) is 5.91 Å². The smallest absolute Gasteiger partial charge is 0.257 e. The van der Waals surface area contributed by atoms with Gasteiger partial charge in [-0.15, -0.1) is 0 Å². The van der Waals surface area contributed by atoms with Crippen LogP contribution in [0.2, 0.25) is 0 Å². The first kappa shape index (κ1) is 23.0. The number of fused-ring (bicyclic) bond motifs is 1. The highest BCUT2D eigenvalue weighted by molar-refractivity contribution is 7.89. The van der Waals surface area contributed by atoms with Gasteiger partial charge in [-0.3, -0.25) is 24.6 Å². The number of thiazole rings is 1. The Morgan fingerprint density at radius 2 is 1.70 bits per heavy atom. The minimum absolute atomic E-state index is 0.182. The molecule has 3 aromatic rings. The van der Waals surface area contributed by atoms with E-state index in [-0.39, 0.29) is 29.6 Å². The van der Waals surface area contributed by atoms with Crippen LogP contribution in [0.5, 0.6) is 0 Å². The standard InChI is InChI=1S/C22H22N4O5S2/c1-3-25(4-2)33(30,31)16-9-10-17-18(13-16)32-22(23-17)24-21(29)14-5-7-15(8-6-14)26-19(27)11-12-20(26)28/h5-10,13H,3-4,11-12H2,1-2H3,(H,23,24,29). The lowest BCUT2D eigenvalue weighted by Gasteiger charge is -2.18. The summed E-state index contributed by atoms with van der Waals surface area (Å²) in [5.41, 5.74) is 1.35. The number of hydrogen-bond donors (Lipinski definition) is 1. The van der Waals surface area contributed by atoms with Crippen LogP contribution in [0.25, 0.3) is 10.2 Å². The highest BCUT2D eigenvalue weighted by atomic mass is 32.2. The van der Waals surface area contributed by atoms with E-state index in [0.717, 1.165) is 4.90 Å². The van der Waals surface area contributed by atoms with E-state index in [2.05, 4.69) is 10.3 Å². The molecule has 2 heterocycles. The van der Waals surface area contributed by atoms with Crippen molar-refractivity contribution in [2.75, 3.05) is 23.3 Å². The normalized spacial score (nSPS) is 14.5. The second-order valence-electron chi connectivity index (χ2n) is 7.36. The van der Waals surface area contributed by atoms with Crippen molar-refractivity contribution in [1.82, 2.24) is 9.29 Å². The van der Waals surface area contributed by atoms with E-state index in [0.29, 0.717) is 39.7 Å². The Bertz CT molecular complexity index is 1330. The third kappa shape index (κ3) is 4.39. The molecule has 9 nitrogen and oxygen atoms in total. The summed E-state index contributed by atoms with van der Waals surface area (Å²) in [5.74, 6) is -0.918. The molecule has 0 aliphatic carbocycles. The zero-order valence-electron chi connectivity index (χ0n) is 18.1. The summed E-state index contributed by atoms with van der Waals surface area (Å²) in [4.78, 5) is 42.1. The Labute approximate surface area is 195 Å². The Kier molecular flexibility index (Phi) is 6.28. The average molecular weight is 487 g/mol. The second kappa shape index (κ2) is 9.00. The van der Waals surface area contributed by atoms with Crippen molar-refractivity contribution in [2.24, 2.45) is 0 Å². The summed E-state index contributed by atoms with van der Waals surface area (Å²) in [5, 5.41) is 3.05. The quantitative estimate of drug-likeness (QED) is 0.513. The molecule has 1 N–H and O–H groups in total. The lowest BCUT2D eigenvalue weighted by molar-refractivity contribution is -0.121. The first-order chi connectivity index (χ1) is 15.7. The van der Waals surface area contributed by atoms with Gasteiger partial charge in [0.1, 0.15) is 0 Å². The predicted octanol–water partition coefficient (Wildman–Crippen LogP) is 3.23. The molecule has 3 amide bonds. The molecule has 0 saturated carbocycles. The number of anilines is 2. The number of hydrogen-bond acceptors (Lipinski definition) is 7. The molecule has 172 valence electrons. The highest BCUT2D eigenvalue weighted by Gasteiger charge is 2.30. The fourth-order valence-electron chi connectivity index (χ4n) is 3.63. The summed E-state index contributed by atoms with van der Waals surface area (Å²) in [6, 6.07) is 10.9. The van der Waals surface area contributed by atoms with Gasteiger partial charge in [0.05, 0.1) is 20.8 Å². The zero-order chi connectivity index (χ0) is 23.8. The van der Waals surface area contributed by atoms with E-state index in [1.807, 2.05) is 0 Å². The number of imide groups is 1. The van der Waals surface area contributed by atoms with Crippen molar-refractivity contribution >= 4 is 60.1 Å². The largest absolute Gasteiger partial charge is 0.298 e. The van der Waals surface area contributed by atoms with Gasteiger partial charge in [-0.2, -0.15) is 4.31 Å². The van der Waals surface area contributed by atoms with Crippen LogP contribution in [0.4, 0.5) is 10.8 Å². The molecule has 1 fully saturated rings. The Morgan fingerprint density at radius 1 is 1.06 bits per heavy atom. The van der Waals surface area contributed by atoms with Crippen LogP contribution in [0.1, 0.15) is 37.0 Å². The number of carbonyl (C=O) groups is 3. The van der Waals surface area contributed by atoms with Crippen LogP contribution in [0.3, 0.4) is 0 Å². The molecule has 11 heteroatoms. The average Bonchev–Trinajstić information content (AvgIpc) is 3.35. The van der Waals surface area contributed by atoms with Crippen LogP contribution in [0.15, 0.2) is 47.4 Å². The maximum atomic E-state index is 12.8. The number of carbonyl (C=O) groups excluding carboxylic acids is 3. The van der Waals surface area contributed by atoms with E-state index < -0.39 is 15.9 Å². The van der Waals surface area contributed by atoms with Crippen molar-refractivity contribution < 1.29 is 22.8 Å². The van der Waals surface area contributed by atoms with Crippen molar-refractivity contribution in [2.45, 2.75) is 31.6 Å². The minimum Gasteiger partial charge on any atom is -0.298 e. The van der Waals surface area contributed by atoms with E-state index in [9.17, 15) is 22.8 Å². The number of aromatic nitrogens is 1. The first-order valence-corrected chi connectivity index (χ1v) is 12.7. The van der Waals surface area contributed by atoms with E-state index in [1.165, 1.54) is 33.8 Å². The molecule has 33 heavy (non-hydrogen) atoms. The van der Waals surface area contributed by atoms with Crippen molar-refractivity contribution in [3.05, 3.63) is 48.0 Å². The molecule has 0 radical (unpaired) electrons.